The van der Waals surface area contributed by atoms with E-state index in [1.807, 2.05) is 6.07 Å². The molecule has 1 saturated heterocycles. The molecule has 2 fully saturated rings. The van der Waals surface area contributed by atoms with E-state index in [1.165, 1.54) is 6.26 Å². The van der Waals surface area contributed by atoms with E-state index in [0.717, 1.165) is 37.0 Å². The quantitative estimate of drug-likeness (QED) is 0.746. The Labute approximate surface area is 168 Å². The zero-order chi connectivity index (χ0) is 20.4. The molecule has 148 valence electrons. The molecule has 29 heavy (non-hydrogen) atoms. The molecule has 7 nitrogen and oxygen atoms in total. The van der Waals surface area contributed by atoms with Crippen LogP contribution in [0.2, 0.25) is 0 Å². The Morgan fingerprint density at radius 1 is 1.10 bits per heavy atom. The Kier molecular flexibility index (Phi) is 5.17. The molecule has 0 radical (unpaired) electrons. The minimum absolute atomic E-state index is 0.0538. The maximum Gasteiger partial charge on any atom is 0.290 e. The van der Waals surface area contributed by atoms with Gasteiger partial charge in [-0.25, -0.2) is 4.90 Å². The van der Waals surface area contributed by atoms with Crippen LogP contribution in [0.3, 0.4) is 0 Å². The number of anilines is 1. The van der Waals surface area contributed by atoms with Crippen molar-refractivity contribution in [2.45, 2.75) is 50.6 Å². The summed E-state index contributed by atoms with van der Waals surface area (Å²) < 4.78 is 5.29. The summed E-state index contributed by atoms with van der Waals surface area (Å²) in [5.74, 6) is -0.940. The summed E-state index contributed by atoms with van der Waals surface area (Å²) in [6.45, 7) is 0. The molecule has 1 saturated carbocycles. The van der Waals surface area contributed by atoms with Gasteiger partial charge in [-0.3, -0.25) is 14.4 Å². The van der Waals surface area contributed by atoms with E-state index in [2.05, 4.69) is 0 Å². The van der Waals surface area contributed by atoms with Crippen molar-refractivity contribution in [1.82, 2.24) is 4.90 Å². The second kappa shape index (κ2) is 7.92. The van der Waals surface area contributed by atoms with Crippen molar-refractivity contribution in [3.8, 4) is 6.07 Å². The first-order valence-corrected chi connectivity index (χ1v) is 9.83. The second-order valence-corrected chi connectivity index (χ2v) is 7.43. The Balaban J connectivity index is 1.65. The molecule has 3 amide bonds. The van der Waals surface area contributed by atoms with Gasteiger partial charge in [0.25, 0.3) is 11.8 Å². The summed E-state index contributed by atoms with van der Waals surface area (Å²) in [4.78, 5) is 41.8. The highest BCUT2D eigenvalue weighted by atomic mass is 16.3. The number of nitrogens with zero attached hydrogens (tertiary/aromatic N) is 3. The van der Waals surface area contributed by atoms with Crippen LogP contribution in [-0.2, 0) is 9.59 Å². The van der Waals surface area contributed by atoms with Crippen molar-refractivity contribution >= 4 is 23.4 Å². The average molecular weight is 391 g/mol. The predicted octanol–water partition coefficient (Wildman–Crippen LogP) is 3.26. The van der Waals surface area contributed by atoms with Crippen LogP contribution >= 0.6 is 0 Å². The van der Waals surface area contributed by atoms with Gasteiger partial charge in [0.1, 0.15) is 6.04 Å². The van der Waals surface area contributed by atoms with E-state index in [4.69, 9.17) is 9.68 Å². The van der Waals surface area contributed by atoms with Crippen molar-refractivity contribution in [2.75, 3.05) is 4.90 Å². The number of benzene rings is 1. The van der Waals surface area contributed by atoms with E-state index in [9.17, 15) is 14.4 Å². The molecule has 2 aromatic rings. The van der Waals surface area contributed by atoms with Gasteiger partial charge in [0.05, 0.1) is 30.0 Å². The number of hydrogen-bond donors (Lipinski definition) is 0. The largest absolute Gasteiger partial charge is 0.459 e. The number of nitriles is 1. The average Bonchev–Trinajstić information content (AvgIpc) is 3.38. The lowest BCUT2D eigenvalue weighted by Gasteiger charge is -2.36. The number of amides is 3. The molecule has 1 unspecified atom stereocenters. The van der Waals surface area contributed by atoms with E-state index in [0.29, 0.717) is 11.3 Å². The standard InChI is InChI=1S/C22H21N3O4/c23-14-15-8-10-17(11-9-15)25-20(26)13-18(21(25)27)24(16-5-2-1-3-6-16)22(28)19-7-4-12-29-19/h4,7-12,16,18H,1-3,5-6,13H2. The third-order valence-electron chi connectivity index (χ3n) is 5.65. The Bertz CT molecular complexity index is 953. The molecule has 1 aliphatic carbocycles. The smallest absolute Gasteiger partial charge is 0.290 e. The molecule has 1 atom stereocenters. The highest BCUT2D eigenvalue weighted by Crippen LogP contribution is 2.32. The van der Waals surface area contributed by atoms with Crippen LogP contribution in [0.1, 0.15) is 54.6 Å². The fourth-order valence-corrected chi connectivity index (χ4v) is 4.24. The lowest BCUT2D eigenvalue weighted by molar-refractivity contribution is -0.123. The van der Waals surface area contributed by atoms with E-state index >= 15 is 0 Å². The molecule has 0 spiro atoms. The number of carbonyl (C=O) groups is 3. The minimum Gasteiger partial charge on any atom is -0.459 e. The number of carbonyl (C=O) groups excluding carboxylic acids is 3. The van der Waals surface area contributed by atoms with Crippen LogP contribution in [0.5, 0.6) is 0 Å². The molecule has 7 heteroatoms. The van der Waals surface area contributed by atoms with Crippen LogP contribution in [0.15, 0.2) is 47.1 Å². The predicted molar refractivity (Wildman–Crippen MR) is 104 cm³/mol. The van der Waals surface area contributed by atoms with Crippen LogP contribution in [-0.4, -0.2) is 34.7 Å². The number of hydrogen-bond acceptors (Lipinski definition) is 5. The van der Waals surface area contributed by atoms with Gasteiger partial charge in [-0.1, -0.05) is 19.3 Å². The van der Waals surface area contributed by atoms with Gasteiger partial charge in [0.15, 0.2) is 5.76 Å². The SMILES string of the molecule is N#Cc1ccc(N2C(=O)CC(N(C(=O)c3ccco3)C3CCCCC3)C2=O)cc1. The second-order valence-electron chi connectivity index (χ2n) is 7.43. The van der Waals surface area contributed by atoms with Crippen molar-refractivity contribution in [2.24, 2.45) is 0 Å². The van der Waals surface area contributed by atoms with Crippen molar-refractivity contribution in [3.63, 3.8) is 0 Å². The first-order chi connectivity index (χ1) is 14.1. The maximum atomic E-state index is 13.2. The van der Waals surface area contributed by atoms with Gasteiger partial charge in [0, 0.05) is 6.04 Å². The normalized spacial score (nSPS) is 20.0. The van der Waals surface area contributed by atoms with Crippen molar-refractivity contribution < 1.29 is 18.8 Å². The third-order valence-corrected chi connectivity index (χ3v) is 5.65. The van der Waals surface area contributed by atoms with Crippen molar-refractivity contribution in [3.05, 3.63) is 54.0 Å². The molecule has 0 bridgehead atoms. The molecule has 1 aromatic heterocycles. The number of furan rings is 1. The highest BCUT2D eigenvalue weighted by molar-refractivity contribution is 6.23. The Morgan fingerprint density at radius 3 is 2.45 bits per heavy atom. The van der Waals surface area contributed by atoms with E-state index in [-0.39, 0.29) is 30.0 Å². The Hall–Kier alpha value is -3.40. The van der Waals surface area contributed by atoms with E-state index in [1.54, 1.807) is 41.3 Å². The van der Waals surface area contributed by atoms with Gasteiger partial charge in [-0.05, 0) is 49.2 Å². The summed E-state index contributed by atoms with van der Waals surface area (Å²) >= 11 is 0. The fraction of sp³-hybridized carbons (Fsp3) is 0.364. The van der Waals surface area contributed by atoms with Gasteiger partial charge in [-0.2, -0.15) is 5.26 Å². The van der Waals surface area contributed by atoms with Crippen LogP contribution in [0.25, 0.3) is 0 Å². The first-order valence-electron chi connectivity index (χ1n) is 9.83. The minimum atomic E-state index is -0.848. The molecule has 2 aliphatic rings. The van der Waals surface area contributed by atoms with Gasteiger partial charge in [-0.15, -0.1) is 0 Å². The van der Waals surface area contributed by atoms with Gasteiger partial charge < -0.3 is 9.32 Å². The number of imide groups is 1. The Morgan fingerprint density at radius 2 is 1.83 bits per heavy atom. The molecule has 2 heterocycles. The zero-order valence-corrected chi connectivity index (χ0v) is 15.9. The zero-order valence-electron chi connectivity index (χ0n) is 15.9. The molecule has 1 aliphatic heterocycles. The van der Waals surface area contributed by atoms with Gasteiger partial charge >= 0.3 is 0 Å². The molecule has 4 rings (SSSR count). The summed E-state index contributed by atoms with van der Waals surface area (Å²) in [6.07, 6.45) is 6.07. The van der Waals surface area contributed by atoms with Gasteiger partial charge in [0.2, 0.25) is 5.91 Å². The van der Waals surface area contributed by atoms with Crippen LogP contribution in [0, 0.1) is 11.3 Å². The molecular formula is C22H21N3O4. The monoisotopic (exact) mass is 391 g/mol. The van der Waals surface area contributed by atoms with Crippen LogP contribution < -0.4 is 4.90 Å². The van der Waals surface area contributed by atoms with Crippen LogP contribution in [0.4, 0.5) is 5.69 Å². The third kappa shape index (κ3) is 3.54. The lowest BCUT2D eigenvalue weighted by Crippen LogP contribution is -2.51. The summed E-state index contributed by atoms with van der Waals surface area (Å²) in [5.41, 5.74) is 0.858. The molecule has 1 aromatic carbocycles. The fourth-order valence-electron chi connectivity index (χ4n) is 4.24. The topological polar surface area (TPSA) is 94.6 Å². The van der Waals surface area contributed by atoms with E-state index < -0.39 is 11.9 Å². The lowest BCUT2D eigenvalue weighted by atomic mass is 9.92. The summed E-state index contributed by atoms with van der Waals surface area (Å²) in [5, 5.41) is 8.96. The first kappa shape index (κ1) is 18.9. The molecule has 0 N–H and O–H groups in total. The summed E-state index contributed by atoms with van der Waals surface area (Å²) in [7, 11) is 0. The molecular weight excluding hydrogens is 370 g/mol. The maximum absolute atomic E-state index is 13.2. The van der Waals surface area contributed by atoms with Crippen molar-refractivity contribution in [1.29, 1.82) is 5.26 Å². The number of rotatable bonds is 4. The summed E-state index contributed by atoms with van der Waals surface area (Å²) in [6, 6.07) is 10.6. The highest BCUT2D eigenvalue weighted by Gasteiger charge is 2.47.